The van der Waals surface area contributed by atoms with E-state index in [0.29, 0.717) is 24.8 Å². The molecule has 0 bridgehead atoms. The summed E-state index contributed by atoms with van der Waals surface area (Å²) in [4.78, 5) is 49.9. The van der Waals surface area contributed by atoms with E-state index < -0.39 is 36.2 Å². The molecule has 1 rings (SSSR count). The molecule has 0 aliphatic heterocycles. The van der Waals surface area contributed by atoms with Crippen LogP contribution in [0.2, 0.25) is 0 Å². The van der Waals surface area contributed by atoms with Gasteiger partial charge in [-0.3, -0.25) is 19.2 Å². The monoisotopic (exact) mass is 563 g/mol. The lowest BCUT2D eigenvalue weighted by Crippen LogP contribution is -2.39. The summed E-state index contributed by atoms with van der Waals surface area (Å²) >= 11 is 0. The van der Waals surface area contributed by atoms with Crippen molar-refractivity contribution in [2.24, 2.45) is 17.6 Å². The van der Waals surface area contributed by atoms with E-state index in [2.05, 4.69) is 6.92 Å². The molecule has 0 spiro atoms. The fourth-order valence-corrected chi connectivity index (χ4v) is 3.95. The second-order valence-corrected chi connectivity index (χ2v) is 10.6. The molecule has 0 fully saturated rings. The van der Waals surface area contributed by atoms with Crippen LogP contribution in [0.4, 0.5) is 0 Å². The van der Waals surface area contributed by atoms with Crippen LogP contribution in [0.25, 0.3) is 0 Å². The first kappa shape index (κ1) is 35.1. The summed E-state index contributed by atoms with van der Waals surface area (Å²) < 4.78 is 22.0. The molecule has 2 unspecified atom stereocenters. The number of benzene rings is 1. The van der Waals surface area contributed by atoms with Crippen LogP contribution >= 0.6 is 0 Å². The number of rotatable bonds is 18. The Balaban J connectivity index is 2.93. The van der Waals surface area contributed by atoms with Gasteiger partial charge in [-0.1, -0.05) is 66.4 Å². The maximum Gasteiger partial charge on any atom is 0.323 e. The van der Waals surface area contributed by atoms with Gasteiger partial charge in [0.05, 0.1) is 11.8 Å². The Labute approximate surface area is 239 Å². The fourth-order valence-electron chi connectivity index (χ4n) is 3.95. The van der Waals surface area contributed by atoms with E-state index in [4.69, 9.17) is 24.7 Å². The largest absolute Gasteiger partial charge is 0.459 e. The molecule has 0 saturated carbocycles. The molecule has 5 atom stereocenters. The van der Waals surface area contributed by atoms with Crippen LogP contribution < -0.4 is 15.2 Å². The van der Waals surface area contributed by atoms with Crippen LogP contribution in [0, 0.1) is 11.8 Å². The predicted molar refractivity (Wildman–Crippen MR) is 153 cm³/mol. The fraction of sp³-hybridized carbons (Fsp3) is 0.677. The average molecular weight is 564 g/mol. The standard InChI is InChI=1S/C31H49NO8/c1-8-11-12-15-28(33)37-22(6)23(7)38-31(36)25(32)18-24-16-17-26(39-29(34)20(4)13-9-2)27(19-24)40-30(35)21(5)14-10-3/h16-17,19-23,25H,8-15,18,32H2,1-7H3/t20?,21?,22-,23-,25-/m0/s1. The average Bonchev–Trinajstić information content (AvgIpc) is 2.90. The Hall–Kier alpha value is -2.94. The smallest absolute Gasteiger partial charge is 0.323 e. The van der Waals surface area contributed by atoms with Gasteiger partial charge in [-0.2, -0.15) is 0 Å². The zero-order chi connectivity index (χ0) is 30.2. The first-order valence-electron chi connectivity index (χ1n) is 14.6. The third-order valence-electron chi connectivity index (χ3n) is 6.70. The summed E-state index contributed by atoms with van der Waals surface area (Å²) in [7, 11) is 0. The van der Waals surface area contributed by atoms with Crippen LogP contribution in [0.15, 0.2) is 18.2 Å². The Morgan fingerprint density at radius 1 is 0.725 bits per heavy atom. The number of carbonyl (C=O) groups is 4. The quantitative estimate of drug-likeness (QED) is 0.136. The molecule has 2 N–H and O–H groups in total. The third kappa shape index (κ3) is 12.5. The van der Waals surface area contributed by atoms with E-state index in [1.54, 1.807) is 45.9 Å². The van der Waals surface area contributed by atoms with Gasteiger partial charge in [0.15, 0.2) is 11.5 Å². The number of hydrogen-bond donors (Lipinski definition) is 1. The van der Waals surface area contributed by atoms with Gasteiger partial charge in [0.25, 0.3) is 0 Å². The van der Waals surface area contributed by atoms with E-state index >= 15 is 0 Å². The van der Waals surface area contributed by atoms with Crippen molar-refractivity contribution in [1.29, 1.82) is 0 Å². The van der Waals surface area contributed by atoms with E-state index in [-0.39, 0.29) is 35.7 Å². The van der Waals surface area contributed by atoms with E-state index in [1.807, 2.05) is 13.8 Å². The normalized spacial score (nSPS) is 14.8. The maximum absolute atomic E-state index is 12.7. The lowest BCUT2D eigenvalue weighted by atomic mass is 10.0. The minimum atomic E-state index is -1.02. The number of unbranched alkanes of at least 4 members (excludes halogenated alkanes) is 2. The molecule has 0 saturated heterocycles. The molecule has 0 radical (unpaired) electrons. The van der Waals surface area contributed by atoms with Crippen molar-refractivity contribution in [3.05, 3.63) is 23.8 Å². The lowest BCUT2D eigenvalue weighted by molar-refractivity contribution is -0.166. The minimum Gasteiger partial charge on any atom is -0.459 e. The SMILES string of the molecule is CCCCCC(=O)O[C@@H](C)[C@H](C)OC(=O)[C@@H](N)Cc1ccc(OC(=O)C(C)CCC)c(OC(=O)C(C)CCC)c1. The topological polar surface area (TPSA) is 131 Å². The van der Waals surface area contributed by atoms with Crippen LogP contribution in [0.5, 0.6) is 11.5 Å². The Morgan fingerprint density at radius 3 is 1.82 bits per heavy atom. The maximum atomic E-state index is 12.7. The Morgan fingerprint density at radius 2 is 1.27 bits per heavy atom. The highest BCUT2D eigenvalue weighted by Gasteiger charge is 2.26. The number of carbonyl (C=O) groups excluding carboxylic acids is 4. The van der Waals surface area contributed by atoms with Crippen molar-refractivity contribution in [3.63, 3.8) is 0 Å². The van der Waals surface area contributed by atoms with E-state index in [9.17, 15) is 19.2 Å². The molecule has 0 amide bonds. The zero-order valence-corrected chi connectivity index (χ0v) is 25.3. The Kier molecular flexibility index (Phi) is 16.2. The van der Waals surface area contributed by atoms with Crippen LogP contribution in [-0.4, -0.2) is 42.1 Å². The molecule has 1 aromatic carbocycles. The third-order valence-corrected chi connectivity index (χ3v) is 6.70. The highest BCUT2D eigenvalue weighted by Crippen LogP contribution is 2.31. The number of esters is 4. The molecule has 226 valence electrons. The molecule has 0 aliphatic rings. The summed E-state index contributed by atoms with van der Waals surface area (Å²) in [5.74, 6) is -2.24. The van der Waals surface area contributed by atoms with E-state index in [0.717, 1.165) is 32.1 Å². The zero-order valence-electron chi connectivity index (χ0n) is 25.3. The van der Waals surface area contributed by atoms with Crippen molar-refractivity contribution in [1.82, 2.24) is 0 Å². The second-order valence-electron chi connectivity index (χ2n) is 10.6. The summed E-state index contributed by atoms with van der Waals surface area (Å²) in [6.07, 6.45) is 4.79. The van der Waals surface area contributed by atoms with Crippen molar-refractivity contribution in [2.75, 3.05) is 0 Å². The predicted octanol–water partition coefficient (Wildman–Crippen LogP) is 5.68. The molecular formula is C31H49NO8. The van der Waals surface area contributed by atoms with Crippen molar-refractivity contribution in [3.8, 4) is 11.5 Å². The van der Waals surface area contributed by atoms with Crippen LogP contribution in [0.1, 0.15) is 105 Å². The van der Waals surface area contributed by atoms with Crippen molar-refractivity contribution >= 4 is 23.9 Å². The van der Waals surface area contributed by atoms with Gasteiger partial charge >= 0.3 is 23.9 Å². The van der Waals surface area contributed by atoms with Gasteiger partial charge in [0.2, 0.25) is 0 Å². The summed E-state index contributed by atoms with van der Waals surface area (Å²) in [5, 5.41) is 0. The summed E-state index contributed by atoms with van der Waals surface area (Å²) in [6, 6.07) is 3.74. The molecular weight excluding hydrogens is 514 g/mol. The molecule has 9 nitrogen and oxygen atoms in total. The first-order chi connectivity index (χ1) is 18.9. The molecule has 0 heterocycles. The molecule has 40 heavy (non-hydrogen) atoms. The molecule has 0 aliphatic carbocycles. The van der Waals surface area contributed by atoms with Gasteiger partial charge in [-0.15, -0.1) is 0 Å². The highest BCUT2D eigenvalue weighted by molar-refractivity contribution is 5.79. The van der Waals surface area contributed by atoms with E-state index in [1.165, 1.54) is 0 Å². The van der Waals surface area contributed by atoms with Gasteiger partial charge in [-0.05, 0) is 57.2 Å². The summed E-state index contributed by atoms with van der Waals surface area (Å²) in [5.41, 5.74) is 6.73. The number of ether oxygens (including phenoxy) is 4. The van der Waals surface area contributed by atoms with Crippen molar-refractivity contribution in [2.45, 2.75) is 125 Å². The minimum absolute atomic E-state index is 0.0896. The second kappa shape index (κ2) is 18.4. The lowest BCUT2D eigenvalue weighted by Gasteiger charge is -2.22. The van der Waals surface area contributed by atoms with Crippen LogP contribution in [0.3, 0.4) is 0 Å². The molecule has 0 aromatic heterocycles. The number of nitrogens with two attached hydrogens (primary N) is 1. The van der Waals surface area contributed by atoms with Crippen LogP contribution in [-0.2, 0) is 35.1 Å². The summed E-state index contributed by atoms with van der Waals surface area (Å²) in [6.45, 7) is 12.9. The number of hydrogen-bond acceptors (Lipinski definition) is 9. The first-order valence-corrected chi connectivity index (χ1v) is 14.6. The van der Waals surface area contributed by atoms with Crippen molar-refractivity contribution < 1.29 is 38.1 Å². The Bertz CT molecular complexity index is 963. The van der Waals surface area contributed by atoms with Gasteiger partial charge in [0.1, 0.15) is 18.2 Å². The van der Waals surface area contributed by atoms with Gasteiger partial charge in [-0.25, -0.2) is 0 Å². The van der Waals surface area contributed by atoms with Gasteiger partial charge in [0, 0.05) is 6.42 Å². The molecule has 9 heteroatoms. The van der Waals surface area contributed by atoms with Gasteiger partial charge < -0.3 is 24.7 Å². The highest BCUT2D eigenvalue weighted by atomic mass is 16.6. The molecule has 1 aromatic rings.